The van der Waals surface area contributed by atoms with Crippen LogP contribution >= 0.6 is 0 Å². The second kappa shape index (κ2) is 5.80. The second-order valence-corrected chi connectivity index (χ2v) is 7.57. The number of fused-ring (bicyclic) bond motifs is 3. The molecule has 134 valence electrons. The number of nitrogens with one attached hydrogen (secondary N) is 2. The highest BCUT2D eigenvalue weighted by Crippen LogP contribution is 2.62. The molecular weight excluding hydrogens is 318 g/mol. The predicted molar refractivity (Wildman–Crippen MR) is 93.8 cm³/mol. The van der Waals surface area contributed by atoms with Gasteiger partial charge in [-0.25, -0.2) is 0 Å². The Morgan fingerprint density at radius 1 is 1.28 bits per heavy atom. The van der Waals surface area contributed by atoms with Gasteiger partial charge in [0.1, 0.15) is 0 Å². The Kier molecular flexibility index (Phi) is 3.55. The lowest BCUT2D eigenvalue weighted by Gasteiger charge is -2.63. The molecule has 6 heteroatoms. The molecule has 0 amide bonds. The molecule has 2 aliphatic carbocycles. The molecule has 0 bridgehead atoms. The molecule has 1 saturated heterocycles. The minimum absolute atomic E-state index is 0.309. The van der Waals surface area contributed by atoms with Crippen LogP contribution in [0.2, 0.25) is 0 Å². The van der Waals surface area contributed by atoms with Crippen LogP contribution in [-0.2, 0) is 11.3 Å². The maximum Gasteiger partial charge on any atom is 0.231 e. The van der Waals surface area contributed by atoms with Crippen molar-refractivity contribution in [2.24, 2.45) is 16.3 Å². The lowest BCUT2D eigenvalue weighted by Crippen LogP contribution is -2.72. The van der Waals surface area contributed by atoms with Gasteiger partial charge in [-0.15, -0.1) is 0 Å². The second-order valence-electron chi connectivity index (χ2n) is 7.57. The standard InChI is InChI=1S/C19H25N3O3/c1-20-18(21-10-12-3-4-14-15(9-12)25-11-24-14)22-16-13-5-8-23-17(13)19(16)6-2-7-19/h3-4,9,13,16-17H,2,5-8,10-11H2,1H3,(H2,20,21,22). The van der Waals surface area contributed by atoms with Crippen LogP contribution in [0.25, 0.3) is 0 Å². The topological polar surface area (TPSA) is 64.1 Å². The fraction of sp³-hybridized carbons (Fsp3) is 0.632. The molecule has 6 nitrogen and oxygen atoms in total. The Morgan fingerprint density at radius 2 is 2.16 bits per heavy atom. The third-order valence-corrected chi connectivity index (χ3v) is 6.45. The fourth-order valence-corrected chi connectivity index (χ4v) is 5.03. The van der Waals surface area contributed by atoms with E-state index in [-0.39, 0.29) is 0 Å². The molecule has 1 spiro atoms. The number of hydrogen-bond acceptors (Lipinski definition) is 4. The zero-order chi connectivity index (χ0) is 16.9. The van der Waals surface area contributed by atoms with E-state index in [1.165, 1.54) is 25.7 Å². The fourth-order valence-electron chi connectivity index (χ4n) is 5.03. The summed E-state index contributed by atoms with van der Waals surface area (Å²) in [4.78, 5) is 4.43. The van der Waals surface area contributed by atoms with Gasteiger partial charge in [-0.3, -0.25) is 4.99 Å². The molecule has 3 fully saturated rings. The van der Waals surface area contributed by atoms with E-state index in [1.54, 1.807) is 0 Å². The molecular formula is C19H25N3O3. The van der Waals surface area contributed by atoms with E-state index >= 15 is 0 Å². The lowest BCUT2D eigenvalue weighted by atomic mass is 9.46. The van der Waals surface area contributed by atoms with Crippen molar-refractivity contribution in [3.63, 3.8) is 0 Å². The molecule has 2 aliphatic heterocycles. The van der Waals surface area contributed by atoms with E-state index in [2.05, 4.69) is 21.7 Å². The molecule has 0 radical (unpaired) electrons. The van der Waals surface area contributed by atoms with Crippen LogP contribution in [-0.4, -0.2) is 38.6 Å². The highest BCUT2D eigenvalue weighted by atomic mass is 16.7. The number of rotatable bonds is 3. The average molecular weight is 343 g/mol. The molecule has 0 aromatic heterocycles. The Labute approximate surface area is 147 Å². The van der Waals surface area contributed by atoms with Crippen molar-refractivity contribution in [1.29, 1.82) is 0 Å². The Bertz CT molecular complexity index is 701. The van der Waals surface area contributed by atoms with E-state index in [0.717, 1.165) is 29.6 Å². The largest absolute Gasteiger partial charge is 0.454 e. The van der Waals surface area contributed by atoms with E-state index in [1.807, 2.05) is 19.2 Å². The molecule has 2 saturated carbocycles. The van der Waals surface area contributed by atoms with Crippen molar-refractivity contribution in [2.75, 3.05) is 20.4 Å². The molecule has 1 aromatic carbocycles. The van der Waals surface area contributed by atoms with Gasteiger partial charge in [-0.2, -0.15) is 0 Å². The van der Waals surface area contributed by atoms with E-state index in [0.29, 0.717) is 36.8 Å². The van der Waals surface area contributed by atoms with E-state index < -0.39 is 0 Å². The smallest absolute Gasteiger partial charge is 0.231 e. The minimum Gasteiger partial charge on any atom is -0.454 e. The van der Waals surface area contributed by atoms with Crippen LogP contribution in [0.3, 0.4) is 0 Å². The van der Waals surface area contributed by atoms with Gasteiger partial charge in [0.25, 0.3) is 0 Å². The average Bonchev–Trinajstić information content (AvgIpc) is 3.21. The first-order chi connectivity index (χ1) is 12.3. The summed E-state index contributed by atoms with van der Waals surface area (Å²) in [6, 6.07) is 6.55. The monoisotopic (exact) mass is 343 g/mol. The zero-order valence-corrected chi connectivity index (χ0v) is 14.6. The predicted octanol–water partition coefficient (Wildman–Crippen LogP) is 2.04. The van der Waals surface area contributed by atoms with Crippen molar-refractivity contribution in [1.82, 2.24) is 10.6 Å². The number of nitrogens with zero attached hydrogens (tertiary/aromatic N) is 1. The van der Waals surface area contributed by atoms with Crippen molar-refractivity contribution in [3.05, 3.63) is 23.8 Å². The SMILES string of the molecule is CN=C(NCc1ccc2c(c1)OCO2)NC1C2CCOC2C12CCC2. The summed E-state index contributed by atoms with van der Waals surface area (Å²) in [5.74, 6) is 3.16. The van der Waals surface area contributed by atoms with Crippen LogP contribution in [0.5, 0.6) is 11.5 Å². The maximum atomic E-state index is 6.00. The number of benzene rings is 1. The number of guanidine groups is 1. The zero-order valence-electron chi connectivity index (χ0n) is 14.6. The molecule has 1 aromatic rings. The summed E-state index contributed by atoms with van der Waals surface area (Å²) >= 11 is 0. The summed E-state index contributed by atoms with van der Waals surface area (Å²) in [7, 11) is 1.84. The molecule has 2 N–H and O–H groups in total. The normalized spacial score (nSPS) is 31.2. The van der Waals surface area contributed by atoms with Crippen LogP contribution in [0.15, 0.2) is 23.2 Å². The van der Waals surface area contributed by atoms with Crippen molar-refractivity contribution < 1.29 is 14.2 Å². The Morgan fingerprint density at radius 3 is 2.96 bits per heavy atom. The van der Waals surface area contributed by atoms with Crippen molar-refractivity contribution in [3.8, 4) is 11.5 Å². The third kappa shape index (κ3) is 2.30. The molecule has 25 heavy (non-hydrogen) atoms. The number of ether oxygens (including phenoxy) is 3. The molecule has 3 atom stereocenters. The third-order valence-electron chi connectivity index (χ3n) is 6.45. The first-order valence-electron chi connectivity index (χ1n) is 9.27. The summed E-state index contributed by atoms with van der Waals surface area (Å²) in [6.07, 6.45) is 5.54. The van der Waals surface area contributed by atoms with E-state index in [4.69, 9.17) is 14.2 Å². The molecule has 5 rings (SSSR count). The number of aliphatic imine (C=N–C) groups is 1. The van der Waals surface area contributed by atoms with Gasteiger partial charge in [0.15, 0.2) is 17.5 Å². The maximum absolute atomic E-state index is 6.00. The van der Waals surface area contributed by atoms with Gasteiger partial charge in [0, 0.05) is 37.6 Å². The van der Waals surface area contributed by atoms with Gasteiger partial charge in [-0.05, 0) is 37.0 Å². The van der Waals surface area contributed by atoms with Crippen LogP contribution in [0.1, 0.15) is 31.2 Å². The summed E-state index contributed by atoms with van der Waals surface area (Å²) in [5, 5.41) is 7.14. The summed E-state index contributed by atoms with van der Waals surface area (Å²) in [6.45, 7) is 1.93. The van der Waals surface area contributed by atoms with Gasteiger partial charge < -0.3 is 24.8 Å². The highest BCUT2D eigenvalue weighted by molar-refractivity contribution is 5.80. The first-order valence-corrected chi connectivity index (χ1v) is 9.27. The van der Waals surface area contributed by atoms with Crippen molar-refractivity contribution >= 4 is 5.96 Å². The lowest BCUT2D eigenvalue weighted by molar-refractivity contribution is -0.171. The molecule has 3 unspecified atom stereocenters. The summed E-state index contributed by atoms with van der Waals surface area (Å²) in [5.41, 5.74) is 1.51. The minimum atomic E-state index is 0.309. The highest BCUT2D eigenvalue weighted by Gasteiger charge is 2.66. The van der Waals surface area contributed by atoms with Gasteiger partial charge in [-0.1, -0.05) is 12.5 Å². The van der Waals surface area contributed by atoms with E-state index in [9.17, 15) is 0 Å². The molecule has 4 aliphatic rings. The van der Waals surface area contributed by atoms with Gasteiger partial charge >= 0.3 is 0 Å². The van der Waals surface area contributed by atoms with Crippen LogP contribution in [0, 0.1) is 11.3 Å². The van der Waals surface area contributed by atoms with Gasteiger partial charge in [0.2, 0.25) is 6.79 Å². The summed E-state index contributed by atoms with van der Waals surface area (Å²) < 4.78 is 16.8. The Hall–Kier alpha value is -1.95. The molecule has 2 heterocycles. The van der Waals surface area contributed by atoms with Crippen molar-refractivity contribution in [2.45, 2.75) is 44.4 Å². The van der Waals surface area contributed by atoms with Crippen LogP contribution < -0.4 is 20.1 Å². The number of hydrogen-bond donors (Lipinski definition) is 2. The van der Waals surface area contributed by atoms with Gasteiger partial charge in [0.05, 0.1) is 6.10 Å². The quantitative estimate of drug-likeness (QED) is 0.649. The first kappa shape index (κ1) is 15.3. The van der Waals surface area contributed by atoms with Crippen LogP contribution in [0.4, 0.5) is 0 Å². The Balaban J connectivity index is 1.23.